The molecule has 0 spiro atoms. The van der Waals surface area contributed by atoms with Gasteiger partial charge in [0.05, 0.1) is 24.4 Å². The van der Waals surface area contributed by atoms with Crippen molar-refractivity contribution in [2.75, 3.05) is 6.61 Å². The lowest BCUT2D eigenvalue weighted by Crippen LogP contribution is -2.38. The number of cyclic esters (lactones) is 1. The van der Waals surface area contributed by atoms with Crippen molar-refractivity contribution in [3.8, 4) is 16.9 Å². The molecule has 206 valence electrons. The fourth-order valence-electron chi connectivity index (χ4n) is 4.50. The standard InChI is InChI=1S/C27H23Cl2N5O5S/c1-27(2,22-16(28)10-15(11-17(22)29)34-26(38)32-21(36)13-30-34)25-33-23(14-6-4-3-5-7-14)19(40-25)12-20(35)31-18-8-9-39-24(18)37/h3-7,10-11,13,18H,8-9,12H2,1-2H3,(H,31,35)(H,32,36,38). The molecule has 2 aromatic heterocycles. The molecule has 10 nitrogen and oxygen atoms in total. The number of hydrogen-bond acceptors (Lipinski definition) is 8. The molecule has 2 aromatic carbocycles. The molecule has 5 rings (SSSR count). The third-order valence-electron chi connectivity index (χ3n) is 6.48. The van der Waals surface area contributed by atoms with Crippen LogP contribution in [0.4, 0.5) is 0 Å². The second-order valence-electron chi connectivity index (χ2n) is 9.67. The second-order valence-corrected chi connectivity index (χ2v) is 11.6. The molecule has 13 heteroatoms. The van der Waals surface area contributed by atoms with E-state index in [1.54, 1.807) is 0 Å². The molecule has 1 aliphatic heterocycles. The lowest BCUT2D eigenvalue weighted by atomic mass is 9.85. The number of rotatable bonds is 7. The first-order chi connectivity index (χ1) is 19.0. The van der Waals surface area contributed by atoms with Crippen LogP contribution in [0.25, 0.3) is 16.9 Å². The van der Waals surface area contributed by atoms with Crippen molar-refractivity contribution in [1.29, 1.82) is 0 Å². The minimum absolute atomic E-state index is 0.0168. The van der Waals surface area contributed by atoms with Crippen LogP contribution in [0.3, 0.4) is 0 Å². The molecule has 1 aliphatic rings. The molecule has 1 amide bonds. The van der Waals surface area contributed by atoms with Crippen LogP contribution in [-0.4, -0.2) is 44.3 Å². The van der Waals surface area contributed by atoms with Gasteiger partial charge in [0.2, 0.25) is 5.91 Å². The van der Waals surface area contributed by atoms with E-state index in [-0.39, 0.29) is 34.7 Å². The summed E-state index contributed by atoms with van der Waals surface area (Å²) in [5.74, 6) is -0.747. The fourth-order valence-corrected chi connectivity index (χ4v) is 6.64. The highest BCUT2D eigenvalue weighted by Gasteiger charge is 2.34. The Kier molecular flexibility index (Phi) is 7.63. The van der Waals surface area contributed by atoms with Gasteiger partial charge in [-0.25, -0.2) is 14.6 Å². The van der Waals surface area contributed by atoms with E-state index >= 15 is 0 Å². The van der Waals surface area contributed by atoms with E-state index in [1.165, 1.54) is 23.5 Å². The van der Waals surface area contributed by atoms with Crippen LogP contribution in [0.2, 0.25) is 10.0 Å². The average molecular weight is 600 g/mol. The Morgan fingerprint density at radius 2 is 1.88 bits per heavy atom. The first-order valence-electron chi connectivity index (χ1n) is 12.2. The molecule has 1 saturated heterocycles. The molecular weight excluding hydrogens is 577 g/mol. The molecule has 1 unspecified atom stereocenters. The number of ether oxygens (including phenoxy) is 1. The number of H-pyrrole nitrogens is 1. The van der Waals surface area contributed by atoms with Gasteiger partial charge in [-0.05, 0) is 26.0 Å². The number of carbonyl (C=O) groups is 2. The first kappa shape index (κ1) is 27.8. The van der Waals surface area contributed by atoms with Gasteiger partial charge >= 0.3 is 11.7 Å². The Bertz CT molecular complexity index is 1710. The van der Waals surface area contributed by atoms with E-state index in [0.29, 0.717) is 27.6 Å². The number of hydrogen-bond donors (Lipinski definition) is 2. The smallest absolute Gasteiger partial charge is 0.349 e. The molecule has 3 heterocycles. The number of aromatic nitrogens is 4. The number of esters is 1. The van der Waals surface area contributed by atoms with E-state index in [2.05, 4.69) is 15.4 Å². The summed E-state index contributed by atoms with van der Waals surface area (Å²) in [6.07, 6.45) is 1.43. The molecule has 4 aromatic rings. The molecule has 2 N–H and O–H groups in total. The largest absolute Gasteiger partial charge is 0.464 e. The van der Waals surface area contributed by atoms with Gasteiger partial charge in [-0.1, -0.05) is 53.5 Å². The summed E-state index contributed by atoms with van der Waals surface area (Å²) in [5, 5.41) is 7.81. The molecule has 0 saturated carbocycles. The monoisotopic (exact) mass is 599 g/mol. The SMILES string of the molecule is CC(C)(c1nc(-c2ccccc2)c(CC(=O)NC2CCOC2=O)s1)c1c(Cl)cc(-n2ncc(=O)[nH]c2=O)cc1Cl. The van der Waals surface area contributed by atoms with Crippen molar-refractivity contribution < 1.29 is 14.3 Å². The van der Waals surface area contributed by atoms with Crippen molar-refractivity contribution in [2.24, 2.45) is 0 Å². The van der Waals surface area contributed by atoms with Crippen molar-refractivity contribution in [3.05, 3.63) is 95.0 Å². The summed E-state index contributed by atoms with van der Waals surface area (Å²) in [5.41, 5.74) is 0.159. The predicted molar refractivity (Wildman–Crippen MR) is 151 cm³/mol. The average Bonchev–Trinajstić information content (AvgIpc) is 3.50. The number of halogens is 2. The summed E-state index contributed by atoms with van der Waals surface area (Å²) in [7, 11) is 0. The van der Waals surface area contributed by atoms with Crippen molar-refractivity contribution >= 4 is 46.4 Å². The van der Waals surface area contributed by atoms with Crippen LogP contribution < -0.4 is 16.6 Å². The number of thiazole rings is 1. The van der Waals surface area contributed by atoms with Crippen LogP contribution in [0, 0.1) is 0 Å². The van der Waals surface area contributed by atoms with E-state index < -0.39 is 28.7 Å². The van der Waals surface area contributed by atoms with Crippen LogP contribution in [0.1, 0.15) is 35.7 Å². The number of nitrogens with zero attached hydrogens (tertiary/aromatic N) is 3. The zero-order valence-corrected chi connectivity index (χ0v) is 23.7. The molecule has 40 heavy (non-hydrogen) atoms. The number of aromatic amines is 1. The molecular formula is C27H23Cl2N5O5S. The highest BCUT2D eigenvalue weighted by atomic mass is 35.5. The maximum Gasteiger partial charge on any atom is 0.349 e. The molecule has 1 atom stereocenters. The van der Waals surface area contributed by atoms with Gasteiger partial charge in [-0.2, -0.15) is 9.78 Å². The van der Waals surface area contributed by atoms with Gasteiger partial charge < -0.3 is 10.1 Å². The Balaban J connectivity index is 1.53. The minimum Gasteiger partial charge on any atom is -0.464 e. The summed E-state index contributed by atoms with van der Waals surface area (Å²) >= 11 is 14.8. The second kappa shape index (κ2) is 11.0. The van der Waals surface area contributed by atoms with Gasteiger partial charge in [0.15, 0.2) is 0 Å². The van der Waals surface area contributed by atoms with E-state index in [0.717, 1.165) is 16.4 Å². The topological polar surface area (TPSA) is 136 Å². The molecule has 1 fully saturated rings. The number of amides is 1. The molecule has 0 aliphatic carbocycles. The van der Waals surface area contributed by atoms with Crippen LogP contribution >= 0.6 is 34.5 Å². The van der Waals surface area contributed by atoms with Crippen molar-refractivity contribution in [2.45, 2.75) is 38.1 Å². The van der Waals surface area contributed by atoms with Crippen LogP contribution in [0.5, 0.6) is 0 Å². The van der Waals surface area contributed by atoms with E-state index in [9.17, 15) is 19.2 Å². The predicted octanol–water partition coefficient (Wildman–Crippen LogP) is 3.65. The van der Waals surface area contributed by atoms with Crippen LogP contribution in [0.15, 0.2) is 58.3 Å². The Hall–Kier alpha value is -3.80. The van der Waals surface area contributed by atoms with E-state index in [4.69, 9.17) is 32.9 Å². The number of carbonyl (C=O) groups excluding carboxylic acids is 2. The maximum absolute atomic E-state index is 12.9. The summed E-state index contributed by atoms with van der Waals surface area (Å²) in [6, 6.07) is 11.9. The fraction of sp³-hybridized carbons (Fsp3) is 0.259. The van der Waals surface area contributed by atoms with Gasteiger partial charge in [0, 0.05) is 37.9 Å². The maximum atomic E-state index is 12.9. The Morgan fingerprint density at radius 1 is 1.18 bits per heavy atom. The first-order valence-corrected chi connectivity index (χ1v) is 13.8. The quantitative estimate of drug-likeness (QED) is 0.309. The minimum atomic E-state index is -0.811. The Labute approximate surface area is 241 Å². The van der Waals surface area contributed by atoms with Gasteiger partial charge in [0.1, 0.15) is 17.2 Å². The van der Waals surface area contributed by atoms with Gasteiger partial charge in [-0.3, -0.25) is 14.6 Å². The Morgan fingerprint density at radius 3 is 2.50 bits per heavy atom. The highest BCUT2D eigenvalue weighted by molar-refractivity contribution is 7.12. The van der Waals surface area contributed by atoms with Crippen molar-refractivity contribution in [3.63, 3.8) is 0 Å². The highest BCUT2D eigenvalue weighted by Crippen LogP contribution is 2.44. The molecule has 0 bridgehead atoms. The lowest BCUT2D eigenvalue weighted by Gasteiger charge is -2.26. The normalized spacial score (nSPS) is 15.2. The van der Waals surface area contributed by atoms with Crippen molar-refractivity contribution in [1.82, 2.24) is 25.1 Å². The zero-order chi connectivity index (χ0) is 28.6. The number of benzene rings is 2. The van der Waals surface area contributed by atoms with Crippen LogP contribution in [-0.2, 0) is 26.2 Å². The van der Waals surface area contributed by atoms with Gasteiger partial charge in [-0.15, -0.1) is 11.3 Å². The molecule has 0 radical (unpaired) electrons. The number of nitrogens with one attached hydrogen (secondary N) is 2. The summed E-state index contributed by atoms with van der Waals surface area (Å²) in [4.78, 5) is 56.2. The summed E-state index contributed by atoms with van der Waals surface area (Å²) in [6.45, 7) is 4.11. The third kappa shape index (κ3) is 5.45. The van der Waals surface area contributed by atoms with E-state index in [1.807, 2.05) is 44.2 Å². The third-order valence-corrected chi connectivity index (χ3v) is 8.46. The van der Waals surface area contributed by atoms with Gasteiger partial charge in [0.25, 0.3) is 5.56 Å². The lowest BCUT2D eigenvalue weighted by molar-refractivity contribution is -0.141. The summed E-state index contributed by atoms with van der Waals surface area (Å²) < 4.78 is 5.94. The zero-order valence-electron chi connectivity index (χ0n) is 21.4.